The van der Waals surface area contributed by atoms with Gasteiger partial charge in [-0.15, -0.1) is 0 Å². The first-order valence-electron chi connectivity index (χ1n) is 6.13. The van der Waals surface area contributed by atoms with E-state index < -0.39 is 0 Å². The van der Waals surface area contributed by atoms with Gasteiger partial charge in [0.2, 0.25) is 0 Å². The molecule has 0 aliphatic carbocycles. The second-order valence-electron chi connectivity index (χ2n) is 4.62. The van der Waals surface area contributed by atoms with E-state index in [0.29, 0.717) is 6.04 Å². The molecule has 2 rings (SSSR count). The van der Waals surface area contributed by atoms with Crippen LogP contribution in [0.2, 0.25) is 0 Å². The summed E-state index contributed by atoms with van der Waals surface area (Å²) >= 11 is 0. The minimum Gasteiger partial charge on any atom is -0.344 e. The van der Waals surface area contributed by atoms with Crippen molar-refractivity contribution >= 4 is 10.9 Å². The van der Waals surface area contributed by atoms with Gasteiger partial charge in [-0.3, -0.25) is 0 Å². The van der Waals surface area contributed by atoms with Crippen molar-refractivity contribution in [1.82, 2.24) is 9.88 Å². The third-order valence-corrected chi connectivity index (χ3v) is 2.96. The minimum absolute atomic E-state index is 0.172. The Kier molecular flexibility index (Phi) is 3.48. The van der Waals surface area contributed by atoms with Crippen molar-refractivity contribution in [1.29, 1.82) is 0 Å². The molecule has 0 unspecified atom stereocenters. The SMILES string of the molecule is CCn1c(CNC(C)C)cc2cc(F)ccc21. The van der Waals surface area contributed by atoms with Crippen molar-refractivity contribution in [3.63, 3.8) is 0 Å². The summed E-state index contributed by atoms with van der Waals surface area (Å²) in [4.78, 5) is 0. The largest absolute Gasteiger partial charge is 0.344 e. The Morgan fingerprint density at radius 2 is 2.06 bits per heavy atom. The Labute approximate surface area is 101 Å². The van der Waals surface area contributed by atoms with Gasteiger partial charge in [-0.05, 0) is 31.2 Å². The summed E-state index contributed by atoms with van der Waals surface area (Å²) in [7, 11) is 0. The number of nitrogens with one attached hydrogen (secondary N) is 1. The van der Waals surface area contributed by atoms with Crippen molar-refractivity contribution < 1.29 is 4.39 Å². The Morgan fingerprint density at radius 1 is 1.29 bits per heavy atom. The molecule has 0 aliphatic heterocycles. The fourth-order valence-corrected chi connectivity index (χ4v) is 2.13. The molecule has 92 valence electrons. The maximum absolute atomic E-state index is 13.2. The summed E-state index contributed by atoms with van der Waals surface area (Å²) in [5.41, 5.74) is 2.32. The Balaban J connectivity index is 2.41. The van der Waals surface area contributed by atoms with Crippen LogP contribution in [0.3, 0.4) is 0 Å². The molecule has 3 heteroatoms. The lowest BCUT2D eigenvalue weighted by Crippen LogP contribution is -2.23. The van der Waals surface area contributed by atoms with E-state index in [-0.39, 0.29) is 5.82 Å². The highest BCUT2D eigenvalue weighted by Crippen LogP contribution is 2.21. The van der Waals surface area contributed by atoms with Gasteiger partial charge in [0, 0.05) is 35.7 Å². The molecule has 0 spiro atoms. The number of hydrogen-bond acceptors (Lipinski definition) is 1. The number of rotatable bonds is 4. The maximum Gasteiger partial charge on any atom is 0.123 e. The number of fused-ring (bicyclic) bond motifs is 1. The van der Waals surface area contributed by atoms with E-state index >= 15 is 0 Å². The number of nitrogens with zero attached hydrogens (tertiary/aromatic N) is 1. The fraction of sp³-hybridized carbons (Fsp3) is 0.429. The van der Waals surface area contributed by atoms with Gasteiger partial charge in [0.25, 0.3) is 0 Å². The molecule has 0 aliphatic rings. The van der Waals surface area contributed by atoms with Crippen molar-refractivity contribution in [3.05, 3.63) is 35.8 Å². The topological polar surface area (TPSA) is 17.0 Å². The van der Waals surface area contributed by atoms with Crippen molar-refractivity contribution in [3.8, 4) is 0 Å². The molecule has 0 fully saturated rings. The molecule has 17 heavy (non-hydrogen) atoms. The van der Waals surface area contributed by atoms with E-state index in [2.05, 4.69) is 36.7 Å². The summed E-state index contributed by atoms with van der Waals surface area (Å²) in [6.45, 7) is 8.09. The van der Waals surface area contributed by atoms with Crippen LogP contribution in [0.25, 0.3) is 10.9 Å². The average Bonchev–Trinajstić information content (AvgIpc) is 2.62. The first kappa shape index (κ1) is 12.1. The minimum atomic E-state index is -0.172. The zero-order valence-electron chi connectivity index (χ0n) is 10.6. The predicted octanol–water partition coefficient (Wildman–Crippen LogP) is 3.30. The van der Waals surface area contributed by atoms with Gasteiger partial charge in [0.1, 0.15) is 5.82 Å². The van der Waals surface area contributed by atoms with Crippen LogP contribution in [0.15, 0.2) is 24.3 Å². The van der Waals surface area contributed by atoms with E-state index in [4.69, 9.17) is 0 Å². The monoisotopic (exact) mass is 234 g/mol. The highest BCUT2D eigenvalue weighted by molar-refractivity contribution is 5.81. The summed E-state index contributed by atoms with van der Waals surface area (Å²) in [6.07, 6.45) is 0. The Bertz CT molecular complexity index is 514. The lowest BCUT2D eigenvalue weighted by Gasteiger charge is -2.11. The van der Waals surface area contributed by atoms with Crippen LogP contribution < -0.4 is 5.32 Å². The first-order valence-corrected chi connectivity index (χ1v) is 6.13. The van der Waals surface area contributed by atoms with Gasteiger partial charge in [-0.1, -0.05) is 13.8 Å². The summed E-state index contributed by atoms with van der Waals surface area (Å²) in [6, 6.07) is 7.49. The molecular weight excluding hydrogens is 215 g/mol. The average molecular weight is 234 g/mol. The number of benzene rings is 1. The van der Waals surface area contributed by atoms with Crippen LogP contribution in [0, 0.1) is 5.82 Å². The molecule has 1 aromatic carbocycles. The van der Waals surface area contributed by atoms with Gasteiger partial charge in [-0.25, -0.2) is 4.39 Å². The highest BCUT2D eigenvalue weighted by Gasteiger charge is 2.08. The molecule has 0 saturated heterocycles. The van der Waals surface area contributed by atoms with E-state index in [9.17, 15) is 4.39 Å². The van der Waals surface area contributed by atoms with Crippen molar-refractivity contribution in [2.75, 3.05) is 0 Å². The van der Waals surface area contributed by atoms with Gasteiger partial charge in [-0.2, -0.15) is 0 Å². The normalized spacial score (nSPS) is 11.6. The van der Waals surface area contributed by atoms with Crippen LogP contribution in [-0.2, 0) is 13.1 Å². The van der Waals surface area contributed by atoms with Crippen LogP contribution in [0.1, 0.15) is 26.5 Å². The van der Waals surface area contributed by atoms with E-state index in [1.165, 1.54) is 11.8 Å². The van der Waals surface area contributed by atoms with Crippen LogP contribution in [0.4, 0.5) is 4.39 Å². The lowest BCUT2D eigenvalue weighted by atomic mass is 10.2. The molecule has 0 radical (unpaired) electrons. The van der Waals surface area contributed by atoms with Gasteiger partial charge in [0.15, 0.2) is 0 Å². The summed E-state index contributed by atoms with van der Waals surface area (Å²) < 4.78 is 15.4. The van der Waals surface area contributed by atoms with Gasteiger partial charge < -0.3 is 9.88 Å². The van der Waals surface area contributed by atoms with Crippen LogP contribution in [0.5, 0.6) is 0 Å². The Hall–Kier alpha value is -1.35. The molecule has 0 saturated carbocycles. The first-order chi connectivity index (χ1) is 8.11. The predicted molar refractivity (Wildman–Crippen MR) is 69.5 cm³/mol. The third-order valence-electron chi connectivity index (χ3n) is 2.96. The summed E-state index contributed by atoms with van der Waals surface area (Å²) in [5.74, 6) is -0.172. The third kappa shape index (κ3) is 2.50. The van der Waals surface area contributed by atoms with E-state index in [0.717, 1.165) is 24.0 Å². The summed E-state index contributed by atoms with van der Waals surface area (Å²) in [5, 5.41) is 4.38. The standard InChI is InChI=1S/C14H19FN2/c1-4-17-13(9-16-10(2)3)8-11-7-12(15)5-6-14(11)17/h5-8,10,16H,4,9H2,1-3H3. The van der Waals surface area contributed by atoms with Gasteiger partial charge in [0.05, 0.1) is 0 Å². The number of aromatic nitrogens is 1. The second kappa shape index (κ2) is 4.88. The molecule has 2 nitrogen and oxygen atoms in total. The highest BCUT2D eigenvalue weighted by atomic mass is 19.1. The van der Waals surface area contributed by atoms with E-state index in [1.807, 2.05) is 6.07 Å². The number of aryl methyl sites for hydroxylation is 1. The van der Waals surface area contributed by atoms with Crippen molar-refractivity contribution in [2.45, 2.75) is 39.9 Å². The quantitative estimate of drug-likeness (QED) is 0.859. The zero-order valence-corrected chi connectivity index (χ0v) is 10.6. The van der Waals surface area contributed by atoms with Crippen LogP contribution in [-0.4, -0.2) is 10.6 Å². The molecule has 0 amide bonds. The molecule has 0 atom stereocenters. The molecule has 1 heterocycles. The molecule has 1 aromatic heterocycles. The van der Waals surface area contributed by atoms with Crippen LogP contribution >= 0.6 is 0 Å². The molecule has 0 bridgehead atoms. The molecule has 2 aromatic rings. The van der Waals surface area contributed by atoms with E-state index in [1.54, 1.807) is 6.07 Å². The second-order valence-corrected chi connectivity index (χ2v) is 4.62. The number of halogens is 1. The zero-order chi connectivity index (χ0) is 12.4. The maximum atomic E-state index is 13.2. The number of hydrogen-bond donors (Lipinski definition) is 1. The Morgan fingerprint density at radius 3 is 2.71 bits per heavy atom. The molecule has 1 N–H and O–H groups in total. The fourth-order valence-electron chi connectivity index (χ4n) is 2.13. The van der Waals surface area contributed by atoms with Gasteiger partial charge >= 0.3 is 0 Å². The lowest BCUT2D eigenvalue weighted by molar-refractivity contribution is 0.564. The molecular formula is C14H19FN2. The van der Waals surface area contributed by atoms with Crippen molar-refractivity contribution in [2.24, 2.45) is 0 Å². The smallest absolute Gasteiger partial charge is 0.123 e.